The molecule has 0 saturated carbocycles. The lowest BCUT2D eigenvalue weighted by molar-refractivity contribution is -0.147. The normalized spacial score (nSPS) is 18.8. The summed E-state index contributed by atoms with van der Waals surface area (Å²) < 4.78 is 28.2. The van der Waals surface area contributed by atoms with Crippen molar-refractivity contribution in [3.8, 4) is 22.6 Å². The SMILES string of the molecule is C=C(C)C(=O)Oc1cc(C(C)(c2ccc(C)cc2)P2(=O)Oc3ccccc3-c3ccccc32)ccc1N1C(=O)CC(=O)N(C)C(=O)CC1=O. The van der Waals surface area contributed by atoms with Crippen LogP contribution < -0.4 is 19.5 Å². The minimum Gasteiger partial charge on any atom is -0.438 e. The quantitative estimate of drug-likeness (QED) is 0.0604. The third-order valence-electron chi connectivity index (χ3n) is 8.99. The molecular weight excluding hydrogens is 643 g/mol. The summed E-state index contributed by atoms with van der Waals surface area (Å²) in [5.41, 5.74) is 3.36. The summed E-state index contributed by atoms with van der Waals surface area (Å²) in [7, 11) is -2.80. The monoisotopic (exact) mass is 676 g/mol. The molecule has 4 amide bonds. The van der Waals surface area contributed by atoms with E-state index in [1.54, 1.807) is 37.3 Å². The van der Waals surface area contributed by atoms with Crippen molar-refractivity contribution in [2.75, 3.05) is 11.9 Å². The standard InChI is InChI=1S/C38H33N2O8P/c1-23(2)37(45)47-31-20-26(18-19-29(31)40-35(43)21-33(41)39(5)34(42)22-36(40)44)38(4,25-16-14-24(3)15-17-25)49(46)32-13-9-7-11-28(32)27-10-6-8-12-30(27)48-49/h6-20H,1,21-22H2,2-5H3. The van der Waals surface area contributed by atoms with Crippen molar-refractivity contribution in [3.05, 3.63) is 120 Å². The highest BCUT2D eigenvalue weighted by atomic mass is 31.2. The Hall–Kier alpha value is -5.60. The number of para-hydroxylation sites is 1. The highest BCUT2D eigenvalue weighted by Gasteiger charge is 2.54. The maximum atomic E-state index is 15.9. The maximum Gasteiger partial charge on any atom is 0.338 e. The largest absolute Gasteiger partial charge is 0.438 e. The smallest absolute Gasteiger partial charge is 0.338 e. The molecule has 0 aliphatic carbocycles. The van der Waals surface area contributed by atoms with Gasteiger partial charge in [-0.25, -0.2) is 9.69 Å². The molecule has 0 aromatic heterocycles. The lowest BCUT2D eigenvalue weighted by Gasteiger charge is -2.42. The topological polar surface area (TPSA) is 127 Å². The molecule has 4 aromatic rings. The van der Waals surface area contributed by atoms with Gasteiger partial charge in [-0.1, -0.05) is 78.9 Å². The Balaban J connectivity index is 1.61. The van der Waals surface area contributed by atoms with Crippen LogP contribution >= 0.6 is 7.37 Å². The second-order valence-corrected chi connectivity index (χ2v) is 14.9. The number of esters is 1. The number of carbonyl (C=O) groups is 5. The fraction of sp³-hybridized carbons (Fsp3) is 0.184. The predicted octanol–water partition coefficient (Wildman–Crippen LogP) is 6.04. The number of carbonyl (C=O) groups excluding carboxylic acids is 5. The summed E-state index contributed by atoms with van der Waals surface area (Å²) in [6.07, 6.45) is -1.55. The van der Waals surface area contributed by atoms with E-state index in [9.17, 15) is 24.0 Å². The summed E-state index contributed by atoms with van der Waals surface area (Å²) in [6.45, 7) is 8.80. The van der Waals surface area contributed by atoms with Gasteiger partial charge < -0.3 is 9.26 Å². The van der Waals surface area contributed by atoms with Crippen molar-refractivity contribution >= 4 is 48.0 Å². The molecule has 6 rings (SSSR count). The van der Waals surface area contributed by atoms with Crippen LogP contribution in [-0.4, -0.2) is 41.5 Å². The van der Waals surface area contributed by atoms with E-state index in [2.05, 4.69) is 6.58 Å². The third-order valence-corrected chi connectivity index (χ3v) is 12.2. The number of hydrogen-bond acceptors (Lipinski definition) is 8. The van der Waals surface area contributed by atoms with Crippen LogP contribution in [0.1, 0.15) is 43.4 Å². The minimum atomic E-state index is -4.00. The molecule has 248 valence electrons. The van der Waals surface area contributed by atoms with Crippen molar-refractivity contribution in [2.24, 2.45) is 0 Å². The van der Waals surface area contributed by atoms with Crippen molar-refractivity contribution < 1.29 is 37.8 Å². The third kappa shape index (κ3) is 5.58. The Morgan fingerprint density at radius 2 is 1.39 bits per heavy atom. The van der Waals surface area contributed by atoms with Gasteiger partial charge in [0.25, 0.3) is 7.37 Å². The Morgan fingerprint density at radius 3 is 2.02 bits per heavy atom. The van der Waals surface area contributed by atoms with Gasteiger partial charge in [0.2, 0.25) is 23.6 Å². The van der Waals surface area contributed by atoms with Crippen molar-refractivity contribution in [1.29, 1.82) is 0 Å². The number of amides is 4. The van der Waals surface area contributed by atoms with Gasteiger partial charge in [0.1, 0.15) is 23.7 Å². The van der Waals surface area contributed by atoms with Gasteiger partial charge in [0.15, 0.2) is 5.75 Å². The molecule has 0 N–H and O–H groups in total. The molecule has 2 aliphatic heterocycles. The first-order valence-corrected chi connectivity index (χ1v) is 17.1. The summed E-state index contributed by atoms with van der Waals surface area (Å²) in [6, 6.07) is 26.6. The van der Waals surface area contributed by atoms with Crippen LogP contribution in [0.5, 0.6) is 11.5 Å². The molecular formula is C38H33N2O8P. The molecule has 11 heteroatoms. The lowest BCUT2D eigenvalue weighted by atomic mass is 9.90. The number of fused-ring (bicyclic) bond motifs is 3. The number of ether oxygens (including phenoxy) is 1. The van der Waals surface area contributed by atoms with Crippen LogP contribution in [0.3, 0.4) is 0 Å². The molecule has 2 unspecified atom stereocenters. The number of anilines is 1. The van der Waals surface area contributed by atoms with E-state index < -0.39 is 55.0 Å². The van der Waals surface area contributed by atoms with Gasteiger partial charge >= 0.3 is 5.97 Å². The molecule has 2 aliphatic rings. The van der Waals surface area contributed by atoms with Gasteiger partial charge in [-0.15, -0.1) is 0 Å². The summed E-state index contributed by atoms with van der Waals surface area (Å²) in [4.78, 5) is 66.5. The molecule has 0 bridgehead atoms. The van der Waals surface area contributed by atoms with E-state index in [0.717, 1.165) is 21.6 Å². The summed E-state index contributed by atoms with van der Waals surface area (Å²) >= 11 is 0. The van der Waals surface area contributed by atoms with E-state index >= 15 is 4.57 Å². The van der Waals surface area contributed by atoms with Gasteiger partial charge in [-0.3, -0.25) is 28.6 Å². The van der Waals surface area contributed by atoms with Gasteiger partial charge in [-0.05, 0) is 61.7 Å². The summed E-state index contributed by atoms with van der Waals surface area (Å²) in [5.74, 6) is -4.06. The highest BCUT2D eigenvalue weighted by Crippen LogP contribution is 2.69. The lowest BCUT2D eigenvalue weighted by Crippen LogP contribution is -2.47. The second-order valence-electron chi connectivity index (χ2n) is 12.3. The van der Waals surface area contributed by atoms with Crippen LogP contribution in [0, 0.1) is 6.92 Å². The van der Waals surface area contributed by atoms with E-state index in [-0.39, 0.29) is 17.0 Å². The van der Waals surface area contributed by atoms with Crippen molar-refractivity contribution in [2.45, 2.75) is 38.8 Å². The van der Waals surface area contributed by atoms with E-state index in [1.165, 1.54) is 26.1 Å². The van der Waals surface area contributed by atoms with Crippen LogP contribution in [0.2, 0.25) is 0 Å². The zero-order chi connectivity index (χ0) is 35.2. The number of nitrogens with zero attached hydrogens (tertiary/aromatic N) is 2. The fourth-order valence-corrected chi connectivity index (χ4v) is 9.06. The Kier molecular flexibility index (Phi) is 8.46. The molecule has 2 atom stereocenters. The van der Waals surface area contributed by atoms with Gasteiger partial charge in [-0.2, -0.15) is 0 Å². The number of rotatable bonds is 6. The van der Waals surface area contributed by atoms with E-state index in [4.69, 9.17) is 9.26 Å². The molecule has 0 spiro atoms. The molecule has 1 fully saturated rings. The highest BCUT2D eigenvalue weighted by molar-refractivity contribution is 7.69. The molecule has 0 radical (unpaired) electrons. The number of imide groups is 2. The second kappa shape index (κ2) is 12.5. The van der Waals surface area contributed by atoms with Crippen LogP contribution in [-0.2, 0) is 33.7 Å². The number of benzene rings is 4. The average molecular weight is 677 g/mol. The van der Waals surface area contributed by atoms with E-state index in [1.807, 2.05) is 55.5 Å². The minimum absolute atomic E-state index is 0.0314. The first-order chi connectivity index (χ1) is 23.3. The van der Waals surface area contributed by atoms with Crippen molar-refractivity contribution in [3.63, 3.8) is 0 Å². The summed E-state index contributed by atoms with van der Waals surface area (Å²) in [5, 5.41) is -0.955. The van der Waals surface area contributed by atoms with Gasteiger partial charge in [0.05, 0.1) is 11.0 Å². The molecule has 49 heavy (non-hydrogen) atoms. The molecule has 1 saturated heterocycles. The van der Waals surface area contributed by atoms with Crippen LogP contribution in [0.15, 0.2) is 103 Å². The zero-order valence-corrected chi connectivity index (χ0v) is 28.3. The molecule has 4 aromatic carbocycles. The molecule has 10 nitrogen and oxygen atoms in total. The van der Waals surface area contributed by atoms with Crippen molar-refractivity contribution in [1.82, 2.24) is 4.90 Å². The maximum absolute atomic E-state index is 15.9. The van der Waals surface area contributed by atoms with E-state index in [0.29, 0.717) is 27.1 Å². The zero-order valence-electron chi connectivity index (χ0n) is 27.4. The fourth-order valence-electron chi connectivity index (χ4n) is 6.10. The number of hydrogen-bond donors (Lipinski definition) is 0. The van der Waals surface area contributed by atoms with Gasteiger partial charge in [0, 0.05) is 18.2 Å². The van der Waals surface area contributed by atoms with Crippen LogP contribution in [0.25, 0.3) is 11.1 Å². The Bertz CT molecular complexity index is 2110. The predicted molar refractivity (Wildman–Crippen MR) is 184 cm³/mol. The molecule has 2 heterocycles. The first kappa shape index (κ1) is 33.3. The Labute approximate surface area is 283 Å². The van der Waals surface area contributed by atoms with Crippen LogP contribution in [0.4, 0.5) is 5.69 Å². The first-order valence-electron chi connectivity index (χ1n) is 15.5. The number of aryl methyl sites for hydroxylation is 1. The average Bonchev–Trinajstić information content (AvgIpc) is 3.08. The Morgan fingerprint density at radius 1 is 0.816 bits per heavy atom.